The Hall–Kier alpha value is -2.93. The number of hydrogen-bond donors (Lipinski definition) is 1. The molecule has 0 fully saturated rings. The summed E-state index contributed by atoms with van der Waals surface area (Å²) in [6.07, 6.45) is 3.31. The predicted octanol–water partition coefficient (Wildman–Crippen LogP) is 2.25. The molecule has 7 nitrogen and oxygen atoms in total. The molecule has 0 saturated carbocycles. The van der Waals surface area contributed by atoms with Crippen molar-refractivity contribution in [3.63, 3.8) is 0 Å². The topological polar surface area (TPSA) is 78.3 Å². The fraction of sp³-hybridized carbons (Fsp3) is 0.235. The van der Waals surface area contributed by atoms with E-state index in [1.165, 1.54) is 0 Å². The van der Waals surface area contributed by atoms with Gasteiger partial charge in [0, 0.05) is 43.1 Å². The standard InChI is InChI=1S/C17H18N4O3/c1-21-15-4-3-14(9-13(15)11-19-21)20-17(22)12-5-6-18-16(10-12)24-8-7-23-2/h3-6,9-11H,7-8H2,1-2H3,(H,20,22). The molecule has 0 atom stereocenters. The average Bonchev–Trinajstić information content (AvgIpc) is 2.96. The van der Waals surface area contributed by atoms with Gasteiger partial charge in [0.05, 0.1) is 18.3 Å². The third-order valence-corrected chi connectivity index (χ3v) is 3.54. The molecular formula is C17H18N4O3. The van der Waals surface area contributed by atoms with E-state index < -0.39 is 0 Å². The molecule has 2 aromatic heterocycles. The van der Waals surface area contributed by atoms with E-state index in [1.54, 1.807) is 36.3 Å². The average molecular weight is 326 g/mol. The number of fused-ring (bicyclic) bond motifs is 1. The maximum atomic E-state index is 12.4. The monoisotopic (exact) mass is 326 g/mol. The van der Waals surface area contributed by atoms with E-state index in [4.69, 9.17) is 9.47 Å². The van der Waals surface area contributed by atoms with Crippen molar-refractivity contribution >= 4 is 22.5 Å². The second-order valence-electron chi connectivity index (χ2n) is 5.22. The van der Waals surface area contributed by atoms with Crippen LogP contribution in [0.4, 0.5) is 5.69 Å². The summed E-state index contributed by atoms with van der Waals surface area (Å²) in [4.78, 5) is 16.5. The van der Waals surface area contributed by atoms with E-state index in [1.807, 2.05) is 25.2 Å². The number of aryl methyl sites for hydroxylation is 1. The molecule has 0 spiro atoms. The van der Waals surface area contributed by atoms with Crippen LogP contribution in [0.5, 0.6) is 5.88 Å². The summed E-state index contributed by atoms with van der Waals surface area (Å²) in [5, 5.41) is 8.03. The van der Waals surface area contributed by atoms with Gasteiger partial charge in [-0.25, -0.2) is 4.98 Å². The summed E-state index contributed by atoms with van der Waals surface area (Å²) in [6.45, 7) is 0.843. The van der Waals surface area contributed by atoms with E-state index in [9.17, 15) is 4.79 Å². The van der Waals surface area contributed by atoms with Gasteiger partial charge in [-0.3, -0.25) is 9.48 Å². The Labute approximate surface area is 139 Å². The van der Waals surface area contributed by atoms with E-state index >= 15 is 0 Å². The van der Waals surface area contributed by atoms with Crippen LogP contribution < -0.4 is 10.1 Å². The second-order valence-corrected chi connectivity index (χ2v) is 5.22. The zero-order valence-corrected chi connectivity index (χ0v) is 13.5. The van der Waals surface area contributed by atoms with Gasteiger partial charge < -0.3 is 14.8 Å². The normalized spacial score (nSPS) is 10.8. The quantitative estimate of drug-likeness (QED) is 0.703. The number of rotatable bonds is 6. The van der Waals surface area contributed by atoms with Crippen LogP contribution >= 0.6 is 0 Å². The summed E-state index contributed by atoms with van der Waals surface area (Å²) in [7, 11) is 3.47. The van der Waals surface area contributed by atoms with Crippen molar-refractivity contribution in [3.8, 4) is 5.88 Å². The molecule has 2 heterocycles. The van der Waals surface area contributed by atoms with Crippen LogP contribution in [-0.2, 0) is 11.8 Å². The number of carbonyl (C=O) groups is 1. The molecule has 7 heteroatoms. The fourth-order valence-corrected chi connectivity index (χ4v) is 2.30. The van der Waals surface area contributed by atoms with Crippen LogP contribution in [0.1, 0.15) is 10.4 Å². The van der Waals surface area contributed by atoms with Crippen molar-refractivity contribution in [2.45, 2.75) is 0 Å². The number of methoxy groups -OCH3 is 1. The smallest absolute Gasteiger partial charge is 0.255 e. The lowest BCUT2D eigenvalue weighted by molar-refractivity contribution is 0.102. The van der Waals surface area contributed by atoms with E-state index in [2.05, 4.69) is 15.4 Å². The van der Waals surface area contributed by atoms with Gasteiger partial charge in [0.2, 0.25) is 5.88 Å². The number of nitrogens with one attached hydrogen (secondary N) is 1. The molecule has 0 aliphatic heterocycles. The van der Waals surface area contributed by atoms with Crippen molar-refractivity contribution in [2.75, 3.05) is 25.6 Å². The van der Waals surface area contributed by atoms with Crippen LogP contribution in [0.3, 0.4) is 0 Å². The zero-order valence-electron chi connectivity index (χ0n) is 13.5. The van der Waals surface area contributed by atoms with Crippen molar-refractivity contribution in [2.24, 2.45) is 7.05 Å². The molecule has 124 valence electrons. The lowest BCUT2D eigenvalue weighted by Gasteiger charge is -2.08. The summed E-state index contributed by atoms with van der Waals surface area (Å²) < 4.78 is 12.1. The minimum Gasteiger partial charge on any atom is -0.475 e. The lowest BCUT2D eigenvalue weighted by Crippen LogP contribution is -2.13. The Kier molecular flexibility index (Phi) is 4.72. The van der Waals surface area contributed by atoms with Crippen LogP contribution in [0.15, 0.2) is 42.7 Å². The summed E-state index contributed by atoms with van der Waals surface area (Å²) in [5.41, 5.74) is 2.19. The molecule has 0 aliphatic carbocycles. The van der Waals surface area contributed by atoms with Gasteiger partial charge in [-0.15, -0.1) is 0 Å². The molecule has 1 aromatic carbocycles. The molecule has 0 saturated heterocycles. The molecule has 0 bridgehead atoms. The molecule has 1 N–H and O–H groups in total. The number of anilines is 1. The zero-order chi connectivity index (χ0) is 16.9. The molecule has 1 amide bonds. The molecule has 3 rings (SSSR count). The molecule has 3 aromatic rings. The van der Waals surface area contributed by atoms with Gasteiger partial charge >= 0.3 is 0 Å². The number of nitrogens with zero attached hydrogens (tertiary/aromatic N) is 3. The minimum absolute atomic E-state index is 0.225. The Morgan fingerprint density at radius 1 is 1.25 bits per heavy atom. The van der Waals surface area contributed by atoms with E-state index in [0.29, 0.717) is 30.3 Å². The molecule has 0 unspecified atom stereocenters. The van der Waals surface area contributed by atoms with Crippen molar-refractivity contribution < 1.29 is 14.3 Å². The highest BCUT2D eigenvalue weighted by Gasteiger charge is 2.09. The van der Waals surface area contributed by atoms with E-state index in [-0.39, 0.29) is 5.91 Å². The predicted molar refractivity (Wildman–Crippen MR) is 90.3 cm³/mol. The van der Waals surface area contributed by atoms with Crippen molar-refractivity contribution in [1.82, 2.24) is 14.8 Å². The molecule has 24 heavy (non-hydrogen) atoms. The first-order valence-electron chi connectivity index (χ1n) is 7.48. The molecular weight excluding hydrogens is 308 g/mol. The maximum absolute atomic E-state index is 12.4. The first kappa shape index (κ1) is 15.9. The molecule has 0 aliphatic rings. The van der Waals surface area contributed by atoms with Gasteiger partial charge in [-0.2, -0.15) is 5.10 Å². The number of benzene rings is 1. The number of amides is 1. The van der Waals surface area contributed by atoms with Gasteiger partial charge in [0.25, 0.3) is 5.91 Å². The van der Waals surface area contributed by atoms with Crippen molar-refractivity contribution in [3.05, 3.63) is 48.3 Å². The van der Waals surface area contributed by atoms with E-state index in [0.717, 1.165) is 10.9 Å². The highest BCUT2D eigenvalue weighted by Crippen LogP contribution is 2.19. The second kappa shape index (κ2) is 7.10. The summed E-state index contributed by atoms with van der Waals surface area (Å²) in [6, 6.07) is 8.90. The Bertz CT molecular complexity index is 860. The third-order valence-electron chi connectivity index (χ3n) is 3.54. The Balaban J connectivity index is 1.72. The largest absolute Gasteiger partial charge is 0.475 e. The summed E-state index contributed by atoms with van der Waals surface area (Å²) >= 11 is 0. The van der Waals surface area contributed by atoms with Crippen LogP contribution in [0.25, 0.3) is 10.9 Å². The number of aromatic nitrogens is 3. The van der Waals surface area contributed by atoms with Crippen LogP contribution in [-0.4, -0.2) is 41.0 Å². The first-order valence-corrected chi connectivity index (χ1v) is 7.48. The number of carbonyl (C=O) groups excluding carboxylic acids is 1. The number of hydrogen-bond acceptors (Lipinski definition) is 5. The number of pyridine rings is 1. The summed E-state index contributed by atoms with van der Waals surface area (Å²) in [5.74, 6) is 0.166. The molecule has 0 radical (unpaired) electrons. The highest BCUT2D eigenvalue weighted by atomic mass is 16.5. The Morgan fingerprint density at radius 3 is 2.96 bits per heavy atom. The fourth-order valence-electron chi connectivity index (χ4n) is 2.30. The van der Waals surface area contributed by atoms with Crippen LogP contribution in [0.2, 0.25) is 0 Å². The SMILES string of the molecule is COCCOc1cc(C(=O)Nc2ccc3c(cnn3C)c2)ccn1. The van der Waals surface area contributed by atoms with Gasteiger partial charge in [-0.1, -0.05) is 0 Å². The van der Waals surface area contributed by atoms with Crippen molar-refractivity contribution in [1.29, 1.82) is 0 Å². The minimum atomic E-state index is -0.225. The van der Waals surface area contributed by atoms with Gasteiger partial charge in [0.15, 0.2) is 0 Å². The Morgan fingerprint density at radius 2 is 2.12 bits per heavy atom. The first-order chi connectivity index (χ1) is 11.7. The lowest BCUT2D eigenvalue weighted by atomic mass is 10.2. The van der Waals surface area contributed by atoms with Crippen LogP contribution in [0, 0.1) is 0 Å². The maximum Gasteiger partial charge on any atom is 0.255 e. The van der Waals surface area contributed by atoms with Gasteiger partial charge in [-0.05, 0) is 24.3 Å². The third kappa shape index (κ3) is 3.52. The number of ether oxygens (including phenoxy) is 2. The highest BCUT2D eigenvalue weighted by molar-refractivity contribution is 6.05. The van der Waals surface area contributed by atoms with Gasteiger partial charge in [0.1, 0.15) is 6.61 Å².